The summed E-state index contributed by atoms with van der Waals surface area (Å²) in [5.74, 6) is -0.607. The molecule has 0 bridgehead atoms. The molecule has 0 aromatic heterocycles. The summed E-state index contributed by atoms with van der Waals surface area (Å²) in [7, 11) is 1.52. The molecule has 0 aromatic rings. The second-order valence-electron chi connectivity index (χ2n) is 5.34. The Labute approximate surface area is 113 Å². The molecule has 2 atom stereocenters. The van der Waals surface area contributed by atoms with Gasteiger partial charge in [0.15, 0.2) is 11.9 Å². The second-order valence-corrected chi connectivity index (χ2v) is 5.34. The van der Waals surface area contributed by atoms with Gasteiger partial charge in [-0.05, 0) is 12.3 Å². The Morgan fingerprint density at radius 2 is 2.11 bits per heavy atom. The second kappa shape index (κ2) is 6.65. The van der Waals surface area contributed by atoms with Gasteiger partial charge in [0.05, 0.1) is 0 Å². The first-order valence-corrected chi connectivity index (χ1v) is 6.54. The van der Waals surface area contributed by atoms with Crippen LogP contribution in [0, 0.1) is 5.92 Å². The normalized spacial score (nSPS) is 22.8. The van der Waals surface area contributed by atoms with Crippen LogP contribution >= 0.6 is 0 Å². The lowest BCUT2D eigenvalue weighted by atomic mass is 10.0. The summed E-state index contributed by atoms with van der Waals surface area (Å²) in [6.45, 7) is 4.01. The molecule has 2 unspecified atom stereocenters. The number of hydrogen-bond donors (Lipinski definition) is 1. The van der Waals surface area contributed by atoms with Crippen molar-refractivity contribution in [3.63, 3.8) is 0 Å². The molecule has 1 saturated heterocycles. The van der Waals surface area contributed by atoms with Gasteiger partial charge in [-0.15, -0.1) is 0 Å². The summed E-state index contributed by atoms with van der Waals surface area (Å²) in [5.41, 5.74) is 5.17. The van der Waals surface area contributed by atoms with Crippen molar-refractivity contribution in [1.29, 1.82) is 0 Å². The lowest BCUT2D eigenvalue weighted by Gasteiger charge is -2.25. The molecule has 0 saturated carbocycles. The van der Waals surface area contributed by atoms with Gasteiger partial charge < -0.3 is 15.4 Å². The third kappa shape index (κ3) is 4.02. The molecule has 19 heavy (non-hydrogen) atoms. The van der Waals surface area contributed by atoms with E-state index in [-0.39, 0.29) is 18.3 Å². The van der Waals surface area contributed by atoms with Crippen LogP contribution in [0.2, 0.25) is 0 Å². The van der Waals surface area contributed by atoms with E-state index >= 15 is 0 Å². The fourth-order valence-corrected chi connectivity index (χ4v) is 2.17. The minimum Gasteiger partial charge on any atom is -0.367 e. The minimum atomic E-state index is -1.02. The number of carbonyl (C=O) groups excluding carboxylic acids is 3. The summed E-state index contributed by atoms with van der Waals surface area (Å²) in [6, 6.07) is -0.871. The number of nitrogens with two attached hydrogens (primary N) is 1. The number of Topliss-reactive ketones (excluding diaryl/α,β-unsaturated/α-hetero) is 1. The largest absolute Gasteiger partial charge is 0.367 e. The third-order valence-electron chi connectivity index (χ3n) is 3.28. The van der Waals surface area contributed by atoms with E-state index in [1.807, 2.05) is 0 Å². The van der Waals surface area contributed by atoms with Crippen molar-refractivity contribution in [2.45, 2.75) is 45.3 Å². The van der Waals surface area contributed by atoms with Crippen LogP contribution in [0.15, 0.2) is 0 Å². The molecule has 1 aliphatic rings. The molecule has 1 fully saturated rings. The summed E-state index contributed by atoms with van der Waals surface area (Å²) in [6.07, 6.45) is 1.06. The van der Waals surface area contributed by atoms with Crippen LogP contribution in [-0.2, 0) is 19.1 Å². The monoisotopic (exact) mass is 270 g/mol. The van der Waals surface area contributed by atoms with Gasteiger partial charge in [-0.1, -0.05) is 20.3 Å². The van der Waals surface area contributed by atoms with Crippen molar-refractivity contribution in [2.24, 2.45) is 11.7 Å². The zero-order valence-corrected chi connectivity index (χ0v) is 11.7. The standard InChI is InChI=1S/C13H22N2O4/c1-8(2)5-4-6-10(17)15(3)11-9(16)7-19-12(11)13(14)18/h8,11-12H,4-7H2,1-3H3,(H2,14,18). The lowest BCUT2D eigenvalue weighted by molar-refractivity contribution is -0.139. The molecule has 0 spiro atoms. The Balaban J connectivity index is 2.59. The van der Waals surface area contributed by atoms with Crippen molar-refractivity contribution in [3.05, 3.63) is 0 Å². The van der Waals surface area contributed by atoms with Crippen molar-refractivity contribution in [1.82, 2.24) is 4.90 Å². The van der Waals surface area contributed by atoms with Gasteiger partial charge >= 0.3 is 0 Å². The van der Waals surface area contributed by atoms with E-state index in [1.54, 1.807) is 0 Å². The number of amides is 2. The molecule has 6 nitrogen and oxygen atoms in total. The number of carbonyl (C=O) groups is 3. The summed E-state index contributed by atoms with van der Waals surface area (Å²) >= 11 is 0. The molecule has 1 rings (SSSR count). The van der Waals surface area contributed by atoms with Crippen molar-refractivity contribution < 1.29 is 19.1 Å². The third-order valence-corrected chi connectivity index (χ3v) is 3.28. The van der Waals surface area contributed by atoms with Gasteiger partial charge in [0, 0.05) is 13.5 Å². The molecule has 1 heterocycles. The predicted octanol–water partition coefficient (Wildman–Crippen LogP) is 0.0929. The number of rotatable bonds is 6. The first-order chi connectivity index (χ1) is 8.84. The van der Waals surface area contributed by atoms with E-state index < -0.39 is 18.1 Å². The van der Waals surface area contributed by atoms with Crippen LogP contribution in [0.1, 0.15) is 33.1 Å². The van der Waals surface area contributed by atoms with Gasteiger partial charge in [0.1, 0.15) is 12.6 Å². The maximum absolute atomic E-state index is 12.0. The van der Waals surface area contributed by atoms with Gasteiger partial charge in [-0.2, -0.15) is 0 Å². The first-order valence-electron chi connectivity index (χ1n) is 6.54. The molecule has 2 N–H and O–H groups in total. The number of ketones is 1. The lowest BCUT2D eigenvalue weighted by Crippen LogP contribution is -2.50. The number of ether oxygens (including phenoxy) is 1. The van der Waals surface area contributed by atoms with Gasteiger partial charge in [-0.25, -0.2) is 0 Å². The summed E-state index contributed by atoms with van der Waals surface area (Å²) in [4.78, 5) is 36.2. The van der Waals surface area contributed by atoms with Crippen LogP contribution < -0.4 is 5.73 Å². The van der Waals surface area contributed by atoms with Crippen molar-refractivity contribution >= 4 is 17.6 Å². The SMILES string of the molecule is CC(C)CCCC(=O)N(C)C1C(=O)COC1C(N)=O. The quantitative estimate of drug-likeness (QED) is 0.741. The predicted molar refractivity (Wildman–Crippen MR) is 69.2 cm³/mol. The Hall–Kier alpha value is -1.43. The van der Waals surface area contributed by atoms with Crippen molar-refractivity contribution in [3.8, 4) is 0 Å². The zero-order valence-electron chi connectivity index (χ0n) is 11.7. The van der Waals surface area contributed by atoms with E-state index in [0.717, 1.165) is 12.8 Å². The topological polar surface area (TPSA) is 89.7 Å². The summed E-state index contributed by atoms with van der Waals surface area (Å²) < 4.78 is 5.04. The Morgan fingerprint density at radius 3 is 2.63 bits per heavy atom. The highest BCUT2D eigenvalue weighted by Gasteiger charge is 2.43. The molecular weight excluding hydrogens is 248 g/mol. The Morgan fingerprint density at radius 1 is 1.47 bits per heavy atom. The highest BCUT2D eigenvalue weighted by atomic mass is 16.5. The van der Waals surface area contributed by atoms with E-state index in [1.165, 1.54) is 11.9 Å². The summed E-state index contributed by atoms with van der Waals surface area (Å²) in [5, 5.41) is 0. The van der Waals surface area contributed by atoms with Crippen LogP contribution in [0.5, 0.6) is 0 Å². The zero-order chi connectivity index (χ0) is 14.6. The van der Waals surface area contributed by atoms with Crippen molar-refractivity contribution in [2.75, 3.05) is 13.7 Å². The van der Waals surface area contributed by atoms with E-state index in [0.29, 0.717) is 12.3 Å². The fraction of sp³-hybridized carbons (Fsp3) is 0.769. The number of primary amides is 1. The first kappa shape index (κ1) is 15.6. The van der Waals surface area contributed by atoms with E-state index in [9.17, 15) is 14.4 Å². The molecule has 6 heteroatoms. The molecule has 0 aromatic carbocycles. The average Bonchev–Trinajstić information content (AvgIpc) is 2.69. The van der Waals surface area contributed by atoms with Crippen LogP contribution in [-0.4, -0.2) is 48.3 Å². The molecular formula is C13H22N2O4. The van der Waals surface area contributed by atoms with Gasteiger partial charge in [-0.3, -0.25) is 14.4 Å². The number of nitrogens with zero attached hydrogens (tertiary/aromatic N) is 1. The number of hydrogen-bond acceptors (Lipinski definition) is 4. The van der Waals surface area contributed by atoms with Crippen LogP contribution in [0.4, 0.5) is 0 Å². The van der Waals surface area contributed by atoms with E-state index in [2.05, 4.69) is 13.8 Å². The molecule has 108 valence electrons. The maximum atomic E-state index is 12.0. The Kier molecular flexibility index (Phi) is 5.47. The molecule has 2 amide bonds. The molecule has 0 radical (unpaired) electrons. The fourth-order valence-electron chi connectivity index (χ4n) is 2.17. The van der Waals surface area contributed by atoms with Crippen LogP contribution in [0.25, 0.3) is 0 Å². The highest BCUT2D eigenvalue weighted by Crippen LogP contribution is 2.17. The minimum absolute atomic E-state index is 0.157. The van der Waals surface area contributed by atoms with Gasteiger partial charge in [0.25, 0.3) is 0 Å². The molecule has 1 aliphatic heterocycles. The molecule has 0 aliphatic carbocycles. The van der Waals surface area contributed by atoms with Crippen LogP contribution in [0.3, 0.4) is 0 Å². The van der Waals surface area contributed by atoms with Gasteiger partial charge in [0.2, 0.25) is 11.8 Å². The number of likely N-dealkylation sites (N-methyl/N-ethyl adjacent to an activating group) is 1. The Bertz CT molecular complexity index is 368. The smallest absolute Gasteiger partial charge is 0.249 e. The highest BCUT2D eigenvalue weighted by molar-refractivity contribution is 5.98. The average molecular weight is 270 g/mol. The maximum Gasteiger partial charge on any atom is 0.249 e. The van der Waals surface area contributed by atoms with E-state index in [4.69, 9.17) is 10.5 Å².